The molecule has 17 heavy (non-hydrogen) atoms. The molecule has 11 heteroatoms. The molecule has 6 nitrogen and oxygen atoms in total. The van der Waals surface area contributed by atoms with E-state index in [1.165, 1.54) is 7.11 Å². The molecular formula is C6H14B5O6. The van der Waals surface area contributed by atoms with Gasteiger partial charge in [0.15, 0.2) is 0 Å². The van der Waals surface area contributed by atoms with Gasteiger partial charge >= 0.3 is 56.5 Å². The van der Waals surface area contributed by atoms with Crippen LogP contribution in [0.1, 0.15) is 13.3 Å². The van der Waals surface area contributed by atoms with Crippen molar-refractivity contribution in [3.63, 3.8) is 0 Å². The van der Waals surface area contributed by atoms with Crippen LogP contribution in [0.5, 0.6) is 0 Å². The minimum absolute atomic E-state index is 0.447. The Morgan fingerprint density at radius 1 is 1.41 bits per heavy atom. The summed E-state index contributed by atoms with van der Waals surface area (Å²) in [6.07, 6.45) is 0.763. The fourth-order valence-corrected chi connectivity index (χ4v) is 0.510. The average molecular weight is 236 g/mol. The van der Waals surface area contributed by atoms with Gasteiger partial charge in [-0.15, -0.1) is 0 Å². The van der Waals surface area contributed by atoms with E-state index >= 15 is 0 Å². The van der Waals surface area contributed by atoms with E-state index in [1.807, 2.05) is 6.92 Å². The summed E-state index contributed by atoms with van der Waals surface area (Å²) in [6.45, 7) is 5.17. The van der Waals surface area contributed by atoms with E-state index in [0.29, 0.717) is 28.7 Å². The Labute approximate surface area is 105 Å². The van der Waals surface area contributed by atoms with Crippen LogP contribution in [0.2, 0.25) is 0 Å². The Kier molecular flexibility index (Phi) is 17.2. The van der Waals surface area contributed by atoms with E-state index in [2.05, 4.69) is 20.5 Å². The Morgan fingerprint density at radius 2 is 2.00 bits per heavy atom. The van der Waals surface area contributed by atoms with Crippen molar-refractivity contribution in [2.24, 2.45) is 0 Å². The molecular weight excluding hydrogens is 222 g/mol. The standard InChI is InChI=1S/C5H9BO2.CH5B4O4/c1-5(2)3-4-8-6-7;1-8-4-9-5(2-6)3-7/h1,3-4H2,2H3;6-7H,1H3. The first kappa shape index (κ1) is 18.9. The predicted molar refractivity (Wildman–Crippen MR) is 67.4 cm³/mol. The van der Waals surface area contributed by atoms with Crippen molar-refractivity contribution in [1.82, 2.24) is 0 Å². The third-order valence-corrected chi connectivity index (χ3v) is 1.32. The molecule has 0 rings (SSSR count). The maximum Gasteiger partial charge on any atom is 0.470 e. The second-order valence-electron chi connectivity index (χ2n) is 2.90. The summed E-state index contributed by atoms with van der Waals surface area (Å²) in [5.41, 5.74) is 1.03. The van der Waals surface area contributed by atoms with E-state index in [1.54, 1.807) is 0 Å². The molecule has 0 aliphatic rings. The summed E-state index contributed by atoms with van der Waals surface area (Å²) in [7, 11) is 4.23. The minimum Gasteiger partial charge on any atom is -0.485 e. The molecule has 0 aromatic heterocycles. The third-order valence-electron chi connectivity index (χ3n) is 1.32. The maximum atomic E-state index is 9.53. The van der Waals surface area contributed by atoms with E-state index in [4.69, 9.17) is 10.0 Å². The smallest absolute Gasteiger partial charge is 0.470 e. The maximum absolute atomic E-state index is 9.53. The SMILES string of the molecule is C=C(C)CCOB=O.CO[B]OB([B]O)[B]O. The summed E-state index contributed by atoms with van der Waals surface area (Å²) in [5.74, 6) is 0. The molecule has 0 aromatic rings. The molecule has 0 fully saturated rings. The average Bonchev–Trinajstić information content (AvgIpc) is 2.31. The third kappa shape index (κ3) is 18.1. The summed E-state index contributed by atoms with van der Waals surface area (Å²) >= 11 is 0. The Bertz CT molecular complexity index is 190. The molecule has 2 N–H and O–H groups in total. The van der Waals surface area contributed by atoms with Gasteiger partial charge in [0.1, 0.15) is 0 Å². The van der Waals surface area contributed by atoms with Gasteiger partial charge < -0.3 is 19.3 Å². The van der Waals surface area contributed by atoms with Crippen LogP contribution in [0.4, 0.5) is 0 Å². The normalized spacial score (nSPS) is 8.00. The summed E-state index contributed by atoms with van der Waals surface area (Å²) in [6, 6.07) is 0. The van der Waals surface area contributed by atoms with Crippen molar-refractivity contribution in [1.29, 1.82) is 0 Å². The van der Waals surface area contributed by atoms with Gasteiger partial charge in [-0.25, -0.2) is 0 Å². The number of hydrogen-bond acceptors (Lipinski definition) is 6. The molecule has 0 aliphatic carbocycles. The van der Waals surface area contributed by atoms with Crippen LogP contribution < -0.4 is 0 Å². The van der Waals surface area contributed by atoms with Gasteiger partial charge in [-0.2, -0.15) is 0 Å². The molecule has 0 heterocycles. The Balaban J connectivity index is 0. The molecule has 0 amide bonds. The summed E-state index contributed by atoms with van der Waals surface area (Å²) in [5, 5.41) is 16.5. The molecule has 0 spiro atoms. The van der Waals surface area contributed by atoms with Gasteiger partial charge in [-0.1, -0.05) is 0 Å². The Morgan fingerprint density at radius 3 is 2.35 bits per heavy atom. The summed E-state index contributed by atoms with van der Waals surface area (Å²) < 4.78 is 22.8. The van der Waals surface area contributed by atoms with Crippen LogP contribution in [0.25, 0.3) is 0 Å². The second-order valence-corrected chi connectivity index (χ2v) is 2.90. The molecule has 0 saturated carbocycles. The second kappa shape index (κ2) is 15.5. The zero-order valence-corrected chi connectivity index (χ0v) is 10.0. The zero-order valence-electron chi connectivity index (χ0n) is 10.0. The van der Waals surface area contributed by atoms with Crippen LogP contribution in [0.3, 0.4) is 0 Å². The number of hydrogen-bond donors (Lipinski definition) is 2. The molecule has 0 bridgehead atoms. The predicted octanol–water partition coefficient (Wildman–Crippen LogP) is -1.67. The van der Waals surface area contributed by atoms with Gasteiger partial charge in [0.05, 0.1) is 0 Å². The van der Waals surface area contributed by atoms with Crippen LogP contribution in [0, 0.1) is 0 Å². The van der Waals surface area contributed by atoms with E-state index < -0.39 is 6.70 Å². The van der Waals surface area contributed by atoms with E-state index in [9.17, 15) is 4.70 Å². The van der Waals surface area contributed by atoms with Gasteiger partial charge in [-0.05, 0) is 0 Å². The van der Waals surface area contributed by atoms with E-state index in [-0.39, 0.29) is 0 Å². The van der Waals surface area contributed by atoms with Crippen molar-refractivity contribution >= 4 is 36.5 Å². The van der Waals surface area contributed by atoms with Gasteiger partial charge in [0.2, 0.25) is 0 Å². The fraction of sp³-hybridized carbons (Fsp3) is 0.667. The van der Waals surface area contributed by atoms with Crippen LogP contribution in [-0.2, 0) is 18.6 Å². The molecule has 0 unspecified atom stereocenters. The molecule has 0 aliphatic heterocycles. The molecule has 3 radical (unpaired) electrons. The summed E-state index contributed by atoms with van der Waals surface area (Å²) in [4.78, 5) is 0. The van der Waals surface area contributed by atoms with Gasteiger partial charge in [0.25, 0.3) is 21.4 Å². The zero-order chi connectivity index (χ0) is 13.5. The van der Waals surface area contributed by atoms with Crippen molar-refractivity contribution in [3.8, 4) is 0 Å². The van der Waals surface area contributed by atoms with Crippen LogP contribution in [-0.4, -0.2) is 60.2 Å². The number of rotatable bonds is 9. The first-order valence-corrected chi connectivity index (χ1v) is 4.77. The minimum atomic E-state index is -0.815. The molecule has 0 aromatic carbocycles. The van der Waals surface area contributed by atoms with Gasteiger partial charge in [0, 0.05) is 7.11 Å². The topological polar surface area (TPSA) is 85.2 Å². The van der Waals surface area contributed by atoms with Crippen molar-refractivity contribution in [2.75, 3.05) is 13.7 Å². The van der Waals surface area contributed by atoms with Crippen LogP contribution >= 0.6 is 0 Å². The monoisotopic (exact) mass is 237 g/mol. The van der Waals surface area contributed by atoms with E-state index in [0.717, 1.165) is 19.7 Å². The van der Waals surface area contributed by atoms with Crippen molar-refractivity contribution in [2.45, 2.75) is 13.3 Å². The quantitative estimate of drug-likeness (QED) is 0.283. The molecule has 0 atom stereocenters. The van der Waals surface area contributed by atoms with Gasteiger partial charge in [-0.3, -0.25) is 0 Å². The first-order chi connectivity index (χ1) is 8.12. The Hall–Kier alpha value is -0.495. The first-order valence-electron chi connectivity index (χ1n) is 4.77. The van der Waals surface area contributed by atoms with Crippen molar-refractivity contribution < 1.29 is 28.6 Å². The van der Waals surface area contributed by atoms with Crippen molar-refractivity contribution in [3.05, 3.63) is 12.2 Å². The fourth-order valence-electron chi connectivity index (χ4n) is 0.510. The van der Waals surface area contributed by atoms with Crippen LogP contribution in [0.15, 0.2) is 12.2 Å². The molecule has 89 valence electrons. The molecule has 0 saturated heterocycles. The largest absolute Gasteiger partial charge is 0.485 e.